The standard InChI is InChI=1S/C26H29N3O4/c1-2-13-27-23(30)20-9-6-14-28(17-20)24(31)19-10-11-21-22(16-19)26(33)29(25(21)32)15-12-18-7-4-3-5-8-18/h3-5,7-8,10-11,16,20H,2,6,9,12-15,17H2,1H3,(H,27,30). The van der Waals surface area contributed by atoms with Gasteiger partial charge in [-0.3, -0.25) is 24.1 Å². The molecule has 0 spiro atoms. The van der Waals surface area contributed by atoms with Gasteiger partial charge >= 0.3 is 0 Å². The molecule has 1 atom stereocenters. The zero-order chi connectivity index (χ0) is 23.4. The van der Waals surface area contributed by atoms with Crippen LogP contribution >= 0.6 is 0 Å². The maximum Gasteiger partial charge on any atom is 0.261 e. The van der Waals surface area contributed by atoms with Crippen molar-refractivity contribution in [2.75, 3.05) is 26.2 Å². The molecule has 1 saturated heterocycles. The molecular formula is C26H29N3O4. The first-order valence-corrected chi connectivity index (χ1v) is 11.6. The van der Waals surface area contributed by atoms with Crippen LogP contribution in [-0.2, 0) is 11.2 Å². The summed E-state index contributed by atoms with van der Waals surface area (Å²) in [5, 5.41) is 2.91. The summed E-state index contributed by atoms with van der Waals surface area (Å²) < 4.78 is 0. The Hall–Kier alpha value is -3.48. The van der Waals surface area contributed by atoms with E-state index in [9.17, 15) is 19.2 Å². The number of nitrogens with one attached hydrogen (secondary N) is 1. The predicted octanol–water partition coefficient (Wildman–Crippen LogP) is 2.90. The molecule has 0 aromatic heterocycles. The van der Waals surface area contributed by atoms with Gasteiger partial charge in [-0.1, -0.05) is 37.3 Å². The summed E-state index contributed by atoms with van der Waals surface area (Å²) >= 11 is 0. The summed E-state index contributed by atoms with van der Waals surface area (Å²) in [6.07, 6.45) is 2.96. The summed E-state index contributed by atoms with van der Waals surface area (Å²) in [6, 6.07) is 14.4. The van der Waals surface area contributed by atoms with Crippen LogP contribution in [-0.4, -0.2) is 59.6 Å². The fraction of sp³-hybridized carbons (Fsp3) is 0.385. The number of fused-ring (bicyclic) bond motifs is 1. The third kappa shape index (κ3) is 4.82. The van der Waals surface area contributed by atoms with Crippen molar-refractivity contribution in [2.24, 2.45) is 5.92 Å². The fourth-order valence-electron chi connectivity index (χ4n) is 4.46. The van der Waals surface area contributed by atoms with E-state index in [1.807, 2.05) is 37.3 Å². The second kappa shape index (κ2) is 9.98. The number of benzene rings is 2. The highest BCUT2D eigenvalue weighted by atomic mass is 16.2. The number of rotatable bonds is 7. The molecule has 4 amide bonds. The van der Waals surface area contributed by atoms with Crippen LogP contribution in [0.25, 0.3) is 0 Å². The lowest BCUT2D eigenvalue weighted by Crippen LogP contribution is -2.45. The molecule has 1 unspecified atom stereocenters. The normalized spacial score (nSPS) is 17.8. The van der Waals surface area contributed by atoms with Gasteiger partial charge in [-0.05, 0) is 49.4 Å². The van der Waals surface area contributed by atoms with Gasteiger partial charge in [0, 0.05) is 31.7 Å². The lowest BCUT2D eigenvalue weighted by molar-refractivity contribution is -0.126. The zero-order valence-corrected chi connectivity index (χ0v) is 18.9. The molecule has 172 valence electrons. The third-order valence-corrected chi connectivity index (χ3v) is 6.31. The van der Waals surface area contributed by atoms with E-state index in [2.05, 4.69) is 5.32 Å². The number of hydrogen-bond donors (Lipinski definition) is 1. The highest BCUT2D eigenvalue weighted by molar-refractivity contribution is 6.22. The van der Waals surface area contributed by atoms with Crippen molar-refractivity contribution in [3.63, 3.8) is 0 Å². The van der Waals surface area contributed by atoms with Gasteiger partial charge in [0.15, 0.2) is 0 Å². The Labute approximate surface area is 193 Å². The van der Waals surface area contributed by atoms with Gasteiger partial charge in [0.1, 0.15) is 0 Å². The second-order valence-corrected chi connectivity index (χ2v) is 8.64. The number of hydrogen-bond acceptors (Lipinski definition) is 4. The van der Waals surface area contributed by atoms with Gasteiger partial charge in [-0.25, -0.2) is 0 Å². The highest BCUT2D eigenvalue weighted by Crippen LogP contribution is 2.26. The SMILES string of the molecule is CCCNC(=O)C1CCCN(C(=O)c2ccc3c(c2)C(=O)N(CCc2ccccc2)C3=O)C1. The van der Waals surface area contributed by atoms with E-state index in [1.165, 1.54) is 11.0 Å². The molecule has 2 aliphatic rings. The van der Waals surface area contributed by atoms with Crippen LogP contribution in [0, 0.1) is 5.92 Å². The number of amides is 4. The molecule has 0 radical (unpaired) electrons. The van der Waals surface area contributed by atoms with E-state index in [-0.39, 0.29) is 35.1 Å². The summed E-state index contributed by atoms with van der Waals surface area (Å²) in [7, 11) is 0. The molecule has 7 heteroatoms. The number of likely N-dealkylation sites (tertiary alicyclic amines) is 1. The van der Waals surface area contributed by atoms with E-state index in [4.69, 9.17) is 0 Å². The predicted molar refractivity (Wildman–Crippen MR) is 124 cm³/mol. The lowest BCUT2D eigenvalue weighted by atomic mass is 9.96. The monoisotopic (exact) mass is 447 g/mol. The number of nitrogens with zero attached hydrogens (tertiary/aromatic N) is 2. The molecular weight excluding hydrogens is 418 g/mol. The Morgan fingerprint density at radius 2 is 1.79 bits per heavy atom. The third-order valence-electron chi connectivity index (χ3n) is 6.31. The Bertz CT molecular complexity index is 1070. The average molecular weight is 448 g/mol. The maximum atomic E-state index is 13.1. The van der Waals surface area contributed by atoms with Crippen molar-refractivity contribution >= 4 is 23.6 Å². The van der Waals surface area contributed by atoms with Crippen LogP contribution in [0.1, 0.15) is 62.8 Å². The van der Waals surface area contributed by atoms with Gasteiger partial charge in [-0.15, -0.1) is 0 Å². The molecule has 0 bridgehead atoms. The van der Waals surface area contributed by atoms with E-state index in [1.54, 1.807) is 17.0 Å². The number of imide groups is 1. The lowest BCUT2D eigenvalue weighted by Gasteiger charge is -2.32. The summed E-state index contributed by atoms with van der Waals surface area (Å²) in [6.45, 7) is 3.86. The average Bonchev–Trinajstić information content (AvgIpc) is 3.10. The summed E-state index contributed by atoms with van der Waals surface area (Å²) in [5.41, 5.74) is 2.02. The fourth-order valence-corrected chi connectivity index (χ4v) is 4.46. The molecule has 2 aliphatic heterocycles. The van der Waals surface area contributed by atoms with E-state index < -0.39 is 0 Å². The molecule has 0 saturated carbocycles. The molecule has 33 heavy (non-hydrogen) atoms. The summed E-state index contributed by atoms with van der Waals surface area (Å²) in [4.78, 5) is 54.2. The van der Waals surface area contributed by atoms with Gasteiger partial charge in [0.05, 0.1) is 17.0 Å². The van der Waals surface area contributed by atoms with Crippen molar-refractivity contribution in [3.8, 4) is 0 Å². The first-order valence-electron chi connectivity index (χ1n) is 11.6. The molecule has 2 heterocycles. The highest BCUT2D eigenvalue weighted by Gasteiger charge is 2.36. The number of carbonyl (C=O) groups excluding carboxylic acids is 4. The van der Waals surface area contributed by atoms with E-state index >= 15 is 0 Å². The van der Waals surface area contributed by atoms with Gasteiger partial charge in [-0.2, -0.15) is 0 Å². The Kier molecular flexibility index (Phi) is 6.87. The van der Waals surface area contributed by atoms with E-state index in [0.29, 0.717) is 43.7 Å². The van der Waals surface area contributed by atoms with Gasteiger partial charge in [0.25, 0.3) is 17.7 Å². The number of piperidine rings is 1. The zero-order valence-electron chi connectivity index (χ0n) is 18.9. The Balaban J connectivity index is 1.45. The minimum absolute atomic E-state index is 0.0156. The molecule has 7 nitrogen and oxygen atoms in total. The number of carbonyl (C=O) groups is 4. The minimum atomic E-state index is -0.365. The van der Waals surface area contributed by atoms with Gasteiger partial charge < -0.3 is 10.2 Å². The molecule has 4 rings (SSSR count). The second-order valence-electron chi connectivity index (χ2n) is 8.64. The quantitative estimate of drug-likeness (QED) is 0.662. The molecule has 1 N–H and O–H groups in total. The largest absolute Gasteiger partial charge is 0.356 e. The Morgan fingerprint density at radius 3 is 2.55 bits per heavy atom. The van der Waals surface area contributed by atoms with Crippen molar-refractivity contribution in [1.29, 1.82) is 0 Å². The van der Waals surface area contributed by atoms with Crippen molar-refractivity contribution in [3.05, 3.63) is 70.8 Å². The maximum absolute atomic E-state index is 13.1. The van der Waals surface area contributed by atoms with Crippen LogP contribution in [0.2, 0.25) is 0 Å². The molecule has 2 aromatic carbocycles. The van der Waals surface area contributed by atoms with Crippen LogP contribution in [0.5, 0.6) is 0 Å². The smallest absolute Gasteiger partial charge is 0.261 e. The van der Waals surface area contributed by atoms with Crippen LogP contribution in [0.4, 0.5) is 0 Å². The molecule has 1 fully saturated rings. The van der Waals surface area contributed by atoms with Crippen molar-refractivity contribution in [2.45, 2.75) is 32.6 Å². The first-order chi connectivity index (χ1) is 16.0. The van der Waals surface area contributed by atoms with Crippen molar-refractivity contribution < 1.29 is 19.2 Å². The van der Waals surface area contributed by atoms with Crippen LogP contribution in [0.15, 0.2) is 48.5 Å². The molecule has 2 aromatic rings. The summed E-state index contributed by atoms with van der Waals surface area (Å²) in [5.74, 6) is -1.14. The van der Waals surface area contributed by atoms with E-state index in [0.717, 1.165) is 24.8 Å². The topological polar surface area (TPSA) is 86.8 Å². The Morgan fingerprint density at radius 1 is 1.03 bits per heavy atom. The minimum Gasteiger partial charge on any atom is -0.356 e. The van der Waals surface area contributed by atoms with Crippen molar-refractivity contribution in [1.82, 2.24) is 15.1 Å². The first kappa shape index (κ1) is 22.7. The van der Waals surface area contributed by atoms with Crippen LogP contribution < -0.4 is 5.32 Å². The molecule has 0 aliphatic carbocycles. The van der Waals surface area contributed by atoms with Gasteiger partial charge in [0.2, 0.25) is 5.91 Å². The van der Waals surface area contributed by atoms with Crippen LogP contribution in [0.3, 0.4) is 0 Å².